The van der Waals surface area contributed by atoms with Crippen LogP contribution in [0.2, 0.25) is 0 Å². The molecule has 0 saturated heterocycles. The summed E-state index contributed by atoms with van der Waals surface area (Å²) in [5.74, 6) is 0.285. The molecule has 0 bridgehead atoms. The van der Waals surface area contributed by atoms with Crippen molar-refractivity contribution in [2.45, 2.75) is 25.8 Å². The van der Waals surface area contributed by atoms with Crippen LogP contribution in [0.1, 0.15) is 25.8 Å². The normalized spacial score (nSPS) is 21.0. The number of halogens is 1. The van der Waals surface area contributed by atoms with Gasteiger partial charge in [0.2, 0.25) is 5.88 Å². The lowest BCUT2D eigenvalue weighted by atomic mass is 9.81. The van der Waals surface area contributed by atoms with Crippen LogP contribution < -0.4 is 11.2 Å². The van der Waals surface area contributed by atoms with E-state index in [4.69, 9.17) is 0 Å². The summed E-state index contributed by atoms with van der Waals surface area (Å²) in [6.45, 7) is 2.10. The van der Waals surface area contributed by atoms with Gasteiger partial charge in [0.15, 0.2) is 0 Å². The number of aromatic nitrogens is 2. The number of H-pyrrole nitrogens is 1. The molecule has 0 atom stereocenters. The minimum Gasteiger partial charge on any atom is -0.494 e. The van der Waals surface area contributed by atoms with Crippen molar-refractivity contribution in [2.75, 3.05) is 0 Å². The first kappa shape index (κ1) is 14.1. The first-order valence-electron chi connectivity index (χ1n) is 6.81. The first-order valence-corrected chi connectivity index (χ1v) is 7.60. The maximum Gasteiger partial charge on any atom is 0.331 e. The van der Waals surface area contributed by atoms with Gasteiger partial charge in [0.1, 0.15) is 5.56 Å². The molecule has 3 rings (SSSR count). The van der Waals surface area contributed by atoms with Crippen molar-refractivity contribution in [2.24, 2.45) is 5.92 Å². The maximum absolute atomic E-state index is 12.1. The van der Waals surface area contributed by atoms with Gasteiger partial charge in [-0.05, 0) is 36.5 Å². The number of aromatic hydroxyl groups is 1. The van der Waals surface area contributed by atoms with Crippen LogP contribution in [0.25, 0.3) is 11.1 Å². The highest BCUT2D eigenvalue weighted by Crippen LogP contribution is 2.39. The lowest BCUT2D eigenvalue weighted by molar-refractivity contribution is 0.193. The Morgan fingerprint density at radius 3 is 2.43 bits per heavy atom. The van der Waals surface area contributed by atoms with E-state index in [0.29, 0.717) is 11.5 Å². The quantitative estimate of drug-likeness (QED) is 0.874. The van der Waals surface area contributed by atoms with Gasteiger partial charge in [-0.3, -0.25) is 14.3 Å². The molecule has 1 saturated carbocycles. The third kappa shape index (κ3) is 2.44. The second kappa shape index (κ2) is 5.18. The van der Waals surface area contributed by atoms with E-state index in [-0.39, 0.29) is 17.5 Å². The Morgan fingerprint density at radius 2 is 1.86 bits per heavy atom. The fraction of sp³-hybridized carbons (Fsp3) is 0.333. The number of benzene rings is 1. The monoisotopic (exact) mass is 350 g/mol. The SMILES string of the molecule is CC1CC(n2c(O)c(-c3ccc(Br)cc3)c(=O)[nH]c2=O)C1. The fourth-order valence-corrected chi connectivity index (χ4v) is 3.09. The molecule has 0 amide bonds. The van der Waals surface area contributed by atoms with Crippen LogP contribution in [0.5, 0.6) is 5.88 Å². The van der Waals surface area contributed by atoms with E-state index in [1.807, 2.05) is 0 Å². The maximum atomic E-state index is 12.1. The minimum absolute atomic E-state index is 0.0430. The van der Waals surface area contributed by atoms with Gasteiger partial charge in [0.05, 0.1) is 0 Å². The summed E-state index contributed by atoms with van der Waals surface area (Å²) in [4.78, 5) is 26.3. The van der Waals surface area contributed by atoms with E-state index in [2.05, 4.69) is 27.8 Å². The molecule has 0 spiro atoms. The summed E-state index contributed by atoms with van der Waals surface area (Å²) >= 11 is 3.33. The third-order valence-corrected chi connectivity index (χ3v) is 4.49. The van der Waals surface area contributed by atoms with Gasteiger partial charge in [-0.2, -0.15) is 0 Å². The Morgan fingerprint density at radius 1 is 1.24 bits per heavy atom. The summed E-state index contributed by atoms with van der Waals surface area (Å²) in [6, 6.07) is 6.99. The van der Waals surface area contributed by atoms with Crippen molar-refractivity contribution in [3.05, 3.63) is 49.6 Å². The molecule has 1 aliphatic carbocycles. The Balaban J connectivity index is 2.17. The summed E-state index contributed by atoms with van der Waals surface area (Å²) in [6.07, 6.45) is 1.67. The fourth-order valence-electron chi connectivity index (χ4n) is 2.82. The average molecular weight is 351 g/mol. The number of rotatable bonds is 2. The number of aromatic amines is 1. The van der Waals surface area contributed by atoms with Crippen LogP contribution in [0.15, 0.2) is 38.3 Å². The predicted molar refractivity (Wildman–Crippen MR) is 83.6 cm³/mol. The van der Waals surface area contributed by atoms with Crippen molar-refractivity contribution in [1.29, 1.82) is 0 Å². The Labute approximate surface area is 129 Å². The van der Waals surface area contributed by atoms with E-state index in [9.17, 15) is 14.7 Å². The average Bonchev–Trinajstić information content (AvgIpc) is 2.38. The number of nitrogens with zero attached hydrogens (tertiary/aromatic N) is 1. The minimum atomic E-state index is -0.566. The van der Waals surface area contributed by atoms with Crippen LogP contribution >= 0.6 is 15.9 Å². The Bertz CT molecular complexity index is 786. The molecule has 2 aromatic rings. The molecule has 0 radical (unpaired) electrons. The second-order valence-corrected chi connectivity index (χ2v) is 6.48. The molecule has 0 aliphatic heterocycles. The van der Waals surface area contributed by atoms with Gasteiger partial charge in [-0.1, -0.05) is 35.0 Å². The molecule has 1 aliphatic rings. The van der Waals surface area contributed by atoms with Crippen molar-refractivity contribution in [3.63, 3.8) is 0 Å². The molecule has 1 aromatic carbocycles. The Hall–Kier alpha value is -1.82. The van der Waals surface area contributed by atoms with E-state index in [1.54, 1.807) is 24.3 Å². The Kier molecular flexibility index (Phi) is 3.49. The molecular weight excluding hydrogens is 336 g/mol. The molecular formula is C15H15BrN2O3. The van der Waals surface area contributed by atoms with Crippen LogP contribution in [0, 0.1) is 5.92 Å². The van der Waals surface area contributed by atoms with Gasteiger partial charge >= 0.3 is 5.69 Å². The largest absolute Gasteiger partial charge is 0.494 e. The smallest absolute Gasteiger partial charge is 0.331 e. The summed E-state index contributed by atoms with van der Waals surface area (Å²) in [5.41, 5.74) is -0.390. The molecule has 110 valence electrons. The standard InChI is InChI=1S/C15H15BrN2O3/c1-8-6-11(7-8)18-14(20)12(13(19)17-15(18)21)9-2-4-10(16)5-3-9/h2-5,8,11,20H,6-7H2,1H3,(H,17,19,21). The van der Waals surface area contributed by atoms with Crippen LogP contribution in [0.3, 0.4) is 0 Å². The van der Waals surface area contributed by atoms with Crippen LogP contribution in [0.4, 0.5) is 0 Å². The van der Waals surface area contributed by atoms with Gasteiger partial charge in [-0.15, -0.1) is 0 Å². The van der Waals surface area contributed by atoms with Crippen molar-refractivity contribution < 1.29 is 5.11 Å². The van der Waals surface area contributed by atoms with Crippen LogP contribution in [-0.2, 0) is 0 Å². The molecule has 6 heteroatoms. The first-order chi connectivity index (χ1) is 9.97. The topological polar surface area (TPSA) is 75.1 Å². The molecule has 1 fully saturated rings. The highest BCUT2D eigenvalue weighted by Gasteiger charge is 2.31. The zero-order valence-corrected chi connectivity index (χ0v) is 13.1. The number of hydrogen-bond donors (Lipinski definition) is 2. The highest BCUT2D eigenvalue weighted by atomic mass is 79.9. The predicted octanol–water partition coefficient (Wildman–Crippen LogP) is 2.64. The number of hydrogen-bond acceptors (Lipinski definition) is 3. The zero-order chi connectivity index (χ0) is 15.1. The second-order valence-electron chi connectivity index (χ2n) is 5.57. The molecule has 1 heterocycles. The van der Waals surface area contributed by atoms with E-state index in [0.717, 1.165) is 17.3 Å². The van der Waals surface area contributed by atoms with E-state index < -0.39 is 11.2 Å². The number of nitrogens with one attached hydrogen (secondary N) is 1. The lowest BCUT2D eigenvalue weighted by Crippen LogP contribution is -2.37. The molecule has 0 unspecified atom stereocenters. The summed E-state index contributed by atoms with van der Waals surface area (Å²) < 4.78 is 2.18. The zero-order valence-electron chi connectivity index (χ0n) is 11.5. The van der Waals surface area contributed by atoms with Gasteiger partial charge in [0, 0.05) is 10.5 Å². The van der Waals surface area contributed by atoms with E-state index >= 15 is 0 Å². The molecule has 5 nitrogen and oxygen atoms in total. The van der Waals surface area contributed by atoms with Gasteiger partial charge in [0.25, 0.3) is 5.56 Å². The van der Waals surface area contributed by atoms with Gasteiger partial charge < -0.3 is 5.11 Å². The van der Waals surface area contributed by atoms with Gasteiger partial charge in [-0.25, -0.2) is 4.79 Å². The van der Waals surface area contributed by atoms with Crippen LogP contribution in [-0.4, -0.2) is 14.7 Å². The highest BCUT2D eigenvalue weighted by molar-refractivity contribution is 9.10. The summed E-state index contributed by atoms with van der Waals surface area (Å²) in [5, 5.41) is 10.4. The lowest BCUT2D eigenvalue weighted by Gasteiger charge is -2.34. The van der Waals surface area contributed by atoms with Crippen molar-refractivity contribution >= 4 is 15.9 Å². The molecule has 1 aromatic heterocycles. The van der Waals surface area contributed by atoms with Crippen molar-refractivity contribution in [3.8, 4) is 17.0 Å². The van der Waals surface area contributed by atoms with E-state index in [1.165, 1.54) is 4.57 Å². The molecule has 21 heavy (non-hydrogen) atoms. The third-order valence-electron chi connectivity index (χ3n) is 3.97. The van der Waals surface area contributed by atoms with Crippen molar-refractivity contribution in [1.82, 2.24) is 9.55 Å². The summed E-state index contributed by atoms with van der Waals surface area (Å²) in [7, 11) is 0. The molecule has 2 N–H and O–H groups in total.